The zero-order chi connectivity index (χ0) is 29.1. The lowest BCUT2D eigenvalue weighted by Gasteiger charge is -2.11. The number of carboxylic acid groups (broad SMARTS) is 4. The predicted octanol–water partition coefficient (Wildman–Crippen LogP) is 0.945. The summed E-state index contributed by atoms with van der Waals surface area (Å²) in [7, 11) is 4.08. The molecule has 0 unspecified atom stereocenters. The number of nitrogens with zero attached hydrogens (tertiary/aromatic N) is 3. The summed E-state index contributed by atoms with van der Waals surface area (Å²) in [6.45, 7) is 5.52. The third-order valence-electron chi connectivity index (χ3n) is 4.12. The van der Waals surface area contributed by atoms with Crippen LogP contribution >= 0.6 is 24.0 Å². The minimum absolute atomic E-state index is 0.722. The van der Waals surface area contributed by atoms with Crippen LogP contribution in [0.1, 0.15) is 23.8 Å². The van der Waals surface area contributed by atoms with Crippen molar-refractivity contribution in [3.63, 3.8) is 0 Å². The molecule has 38 heavy (non-hydrogen) atoms. The van der Waals surface area contributed by atoms with Gasteiger partial charge in [-0.1, -0.05) is 0 Å². The minimum Gasteiger partial charge on any atom is -0.473 e. The van der Waals surface area contributed by atoms with Gasteiger partial charge in [-0.25, -0.2) is 24.2 Å². The van der Waals surface area contributed by atoms with Gasteiger partial charge in [-0.3, -0.25) is 0 Å². The van der Waals surface area contributed by atoms with E-state index in [1.807, 2.05) is 45.2 Å². The first kappa shape index (κ1) is 34.4. The van der Waals surface area contributed by atoms with E-state index in [0.717, 1.165) is 66.6 Å². The van der Waals surface area contributed by atoms with Gasteiger partial charge in [0.1, 0.15) is 17.3 Å². The number of nitrogens with one attached hydrogen (secondary N) is 2. The normalized spacial score (nSPS) is 9.89. The van der Waals surface area contributed by atoms with Crippen molar-refractivity contribution in [3.8, 4) is 0 Å². The van der Waals surface area contributed by atoms with Crippen molar-refractivity contribution in [2.75, 3.05) is 32.9 Å². The zero-order valence-electron chi connectivity index (χ0n) is 21.2. The van der Waals surface area contributed by atoms with Crippen LogP contribution in [0, 0.1) is 6.92 Å². The van der Waals surface area contributed by atoms with Gasteiger partial charge in [0.05, 0.1) is 12.3 Å². The van der Waals surface area contributed by atoms with E-state index in [2.05, 4.69) is 37.2 Å². The van der Waals surface area contributed by atoms with Gasteiger partial charge in [0.15, 0.2) is 5.11 Å². The van der Waals surface area contributed by atoms with Crippen LogP contribution in [0.25, 0.3) is 0 Å². The lowest BCUT2D eigenvalue weighted by molar-refractivity contribution is -0.159. The summed E-state index contributed by atoms with van der Waals surface area (Å²) in [4.78, 5) is 42.7. The summed E-state index contributed by atoms with van der Waals surface area (Å²) in [5.41, 5.74) is 0. The van der Waals surface area contributed by atoms with Crippen molar-refractivity contribution in [3.05, 3.63) is 41.9 Å². The number of hydrogen-bond donors (Lipinski definition) is 6. The van der Waals surface area contributed by atoms with Gasteiger partial charge in [0.25, 0.3) is 0 Å². The Morgan fingerprint density at radius 2 is 1.55 bits per heavy atom. The van der Waals surface area contributed by atoms with Gasteiger partial charge in [-0.2, -0.15) is 11.8 Å². The first-order valence-electron chi connectivity index (χ1n) is 11.0. The maximum absolute atomic E-state index is 9.10. The Morgan fingerprint density at radius 1 is 1.00 bits per heavy atom. The molecule has 0 saturated heterocycles. The summed E-state index contributed by atoms with van der Waals surface area (Å²) < 4.78 is 7.95. The van der Waals surface area contributed by atoms with E-state index in [-0.39, 0.29) is 0 Å². The highest BCUT2D eigenvalue weighted by molar-refractivity contribution is 7.98. The summed E-state index contributed by atoms with van der Waals surface area (Å²) >= 11 is 7.15. The maximum atomic E-state index is 9.10. The quantitative estimate of drug-likeness (QED) is 0.125. The van der Waals surface area contributed by atoms with Gasteiger partial charge >= 0.3 is 23.9 Å². The second-order valence-electron chi connectivity index (χ2n) is 7.58. The molecule has 2 aromatic heterocycles. The first-order chi connectivity index (χ1) is 17.8. The lowest BCUT2D eigenvalue weighted by atomic mass is 10.4. The molecule has 212 valence electrons. The molecule has 0 aliphatic rings. The highest BCUT2D eigenvalue weighted by Gasteiger charge is 2.05. The summed E-state index contributed by atoms with van der Waals surface area (Å²) in [6.07, 6.45) is 4.85. The van der Waals surface area contributed by atoms with Crippen molar-refractivity contribution in [1.82, 2.24) is 25.1 Å². The van der Waals surface area contributed by atoms with Crippen LogP contribution in [0.5, 0.6) is 0 Å². The van der Waals surface area contributed by atoms with Gasteiger partial charge in [-0.05, 0) is 51.8 Å². The average Bonchev–Trinajstić information content (AvgIpc) is 3.45. The molecule has 0 aliphatic carbocycles. The number of thiocarbonyl (C=S) groups is 1. The van der Waals surface area contributed by atoms with Crippen LogP contribution < -0.4 is 10.6 Å². The van der Waals surface area contributed by atoms with Crippen LogP contribution in [-0.2, 0) is 38.0 Å². The van der Waals surface area contributed by atoms with E-state index >= 15 is 0 Å². The number of rotatable bonds is 11. The molecular formula is C22H33N5O9S2. The molecule has 0 spiro atoms. The molecule has 2 aromatic rings. The van der Waals surface area contributed by atoms with Gasteiger partial charge < -0.3 is 44.9 Å². The number of carbonyl (C=O) groups is 4. The summed E-state index contributed by atoms with van der Waals surface area (Å²) in [5.74, 6) is -2.33. The predicted molar refractivity (Wildman–Crippen MR) is 143 cm³/mol. The molecule has 0 radical (unpaired) electrons. The molecule has 14 nitrogen and oxygen atoms in total. The van der Waals surface area contributed by atoms with E-state index in [4.69, 9.17) is 56.2 Å². The SMILES string of the molecule is Cc1nccn1CCCNC(=S)NCCSCc1ccc(CN(C)C)o1.O=C(O)C(=O)O.O=C(O)C(=O)O. The molecule has 2 rings (SSSR count). The fourth-order valence-electron chi connectivity index (χ4n) is 2.46. The van der Waals surface area contributed by atoms with Crippen molar-refractivity contribution >= 4 is 53.0 Å². The lowest BCUT2D eigenvalue weighted by Crippen LogP contribution is -2.37. The number of aliphatic carboxylic acids is 4. The molecular weight excluding hydrogens is 542 g/mol. The molecule has 0 fully saturated rings. The molecule has 0 saturated carbocycles. The van der Waals surface area contributed by atoms with Crippen molar-refractivity contribution in [2.24, 2.45) is 0 Å². The van der Waals surface area contributed by atoms with Crippen LogP contribution in [0.3, 0.4) is 0 Å². The smallest absolute Gasteiger partial charge is 0.414 e. The van der Waals surface area contributed by atoms with E-state index in [9.17, 15) is 0 Å². The van der Waals surface area contributed by atoms with E-state index in [1.54, 1.807) is 0 Å². The maximum Gasteiger partial charge on any atom is 0.414 e. The molecule has 16 heteroatoms. The van der Waals surface area contributed by atoms with Crippen LogP contribution in [0.15, 0.2) is 28.9 Å². The summed E-state index contributed by atoms with van der Waals surface area (Å²) in [5, 5.41) is 36.8. The van der Waals surface area contributed by atoms with E-state index < -0.39 is 23.9 Å². The number of hydrogen-bond acceptors (Lipinski definition) is 9. The number of carboxylic acids is 4. The zero-order valence-corrected chi connectivity index (χ0v) is 22.9. The third-order valence-corrected chi connectivity index (χ3v) is 5.39. The molecule has 0 aliphatic heterocycles. The Balaban J connectivity index is 0.000000948. The minimum atomic E-state index is -1.82. The van der Waals surface area contributed by atoms with Crippen molar-refractivity contribution in [2.45, 2.75) is 32.2 Å². The molecule has 6 N–H and O–H groups in total. The number of imidazole rings is 1. The molecule has 0 bridgehead atoms. The second kappa shape index (κ2) is 19.5. The Kier molecular flexibility index (Phi) is 17.6. The van der Waals surface area contributed by atoms with Crippen molar-refractivity contribution in [1.29, 1.82) is 0 Å². The van der Waals surface area contributed by atoms with E-state index in [1.165, 1.54) is 0 Å². The van der Waals surface area contributed by atoms with Crippen molar-refractivity contribution < 1.29 is 44.0 Å². The molecule has 0 amide bonds. The van der Waals surface area contributed by atoms with Gasteiger partial charge in [-0.15, -0.1) is 0 Å². The third kappa shape index (κ3) is 17.7. The van der Waals surface area contributed by atoms with Crippen LogP contribution in [-0.4, -0.2) is 96.8 Å². The van der Waals surface area contributed by atoms with Gasteiger partial charge in [0, 0.05) is 37.8 Å². The van der Waals surface area contributed by atoms with Crippen LogP contribution in [0.2, 0.25) is 0 Å². The Morgan fingerprint density at radius 3 is 2.05 bits per heavy atom. The largest absolute Gasteiger partial charge is 0.473 e. The van der Waals surface area contributed by atoms with Gasteiger partial charge in [0.2, 0.25) is 0 Å². The number of furan rings is 1. The molecule has 0 aromatic carbocycles. The fourth-order valence-corrected chi connectivity index (χ4v) is 3.41. The standard InChI is InChI=1S/C18H29N5OS2.2C2H2O4/c1-15-19-8-11-23(15)10-4-7-20-18(25)21-9-12-26-14-17-6-5-16(24-17)13-22(2)3;2*3-1(4)2(5)6/h5-6,8,11H,4,7,9-10,12-14H2,1-3H3,(H2,20,21,25);2*(H,3,4)(H,5,6). The average molecular weight is 576 g/mol. The highest BCUT2D eigenvalue weighted by atomic mass is 32.2. The highest BCUT2D eigenvalue weighted by Crippen LogP contribution is 2.15. The summed E-state index contributed by atoms with van der Waals surface area (Å²) in [6, 6.07) is 4.12. The second-order valence-corrected chi connectivity index (χ2v) is 9.10. The Bertz CT molecular complexity index is 992. The Hall–Kier alpha value is -3.63. The van der Waals surface area contributed by atoms with E-state index in [0.29, 0.717) is 0 Å². The topological polar surface area (TPSA) is 207 Å². The number of thioether (sulfide) groups is 1. The number of aryl methyl sites for hydroxylation is 2. The fraction of sp³-hybridized carbons (Fsp3) is 0.455. The monoisotopic (exact) mass is 575 g/mol. The molecule has 0 atom stereocenters. The molecule has 2 heterocycles. The Labute approximate surface area is 229 Å². The van der Waals surface area contributed by atoms with Crippen LogP contribution in [0.4, 0.5) is 0 Å². The first-order valence-corrected chi connectivity index (χ1v) is 12.6. The number of aromatic nitrogens is 2.